The molecule has 0 heterocycles. The Hall–Kier alpha value is -1.28. The predicted molar refractivity (Wildman–Crippen MR) is 71.1 cm³/mol. The Labute approximate surface area is 107 Å². The van der Waals surface area contributed by atoms with E-state index in [2.05, 4.69) is 0 Å². The maximum atomic E-state index is 11.5. The number of benzene rings is 1. The van der Waals surface area contributed by atoms with E-state index in [1.165, 1.54) is 6.08 Å². The number of hydrogen-bond acceptors (Lipinski definition) is 2. The topological polar surface area (TPSA) is 26.3 Å². The molecule has 0 radical (unpaired) electrons. The highest BCUT2D eigenvalue weighted by Crippen LogP contribution is 2.19. The molecule has 0 saturated carbocycles. The van der Waals surface area contributed by atoms with Gasteiger partial charge in [0.25, 0.3) is 0 Å². The second-order valence-corrected chi connectivity index (χ2v) is 5.23. The van der Waals surface area contributed by atoms with Crippen molar-refractivity contribution in [2.45, 2.75) is 33.3 Å². The predicted octanol–water partition coefficient (Wildman–Crippen LogP) is 4.00. The summed E-state index contributed by atoms with van der Waals surface area (Å²) in [6, 6.07) is 5.58. The van der Waals surface area contributed by atoms with Gasteiger partial charge < -0.3 is 4.74 Å². The van der Waals surface area contributed by atoms with Crippen molar-refractivity contribution in [3.05, 3.63) is 40.4 Å². The fourth-order valence-electron chi connectivity index (χ4n) is 1.30. The average Bonchev–Trinajstić information content (AvgIpc) is 2.18. The summed E-state index contributed by atoms with van der Waals surface area (Å²) in [6.07, 6.45) is 3.14. The third kappa shape index (κ3) is 4.61. The number of ether oxygens (including phenoxy) is 1. The van der Waals surface area contributed by atoms with Crippen molar-refractivity contribution in [3.63, 3.8) is 0 Å². The number of halogens is 1. The van der Waals surface area contributed by atoms with E-state index in [9.17, 15) is 4.79 Å². The average molecular weight is 253 g/mol. The van der Waals surface area contributed by atoms with Gasteiger partial charge in [-0.1, -0.05) is 23.7 Å². The maximum absolute atomic E-state index is 11.5. The Morgan fingerprint density at radius 3 is 2.59 bits per heavy atom. The van der Waals surface area contributed by atoms with Crippen molar-refractivity contribution in [2.24, 2.45) is 0 Å². The Bertz CT molecular complexity index is 442. The molecule has 0 saturated heterocycles. The van der Waals surface area contributed by atoms with Crippen molar-refractivity contribution in [1.82, 2.24) is 0 Å². The molecule has 1 rings (SSSR count). The summed E-state index contributed by atoms with van der Waals surface area (Å²) in [5.74, 6) is -0.350. The van der Waals surface area contributed by atoms with Crippen LogP contribution in [0.15, 0.2) is 24.3 Å². The van der Waals surface area contributed by atoms with E-state index in [1.54, 1.807) is 6.08 Å². The number of carbonyl (C=O) groups is 1. The molecular weight excluding hydrogens is 236 g/mol. The zero-order chi connectivity index (χ0) is 13.1. The Morgan fingerprint density at radius 1 is 1.35 bits per heavy atom. The van der Waals surface area contributed by atoms with Crippen LogP contribution in [0, 0.1) is 6.92 Å². The molecular formula is C14H17ClO2. The molecule has 0 aromatic heterocycles. The van der Waals surface area contributed by atoms with Crippen molar-refractivity contribution >= 4 is 23.6 Å². The fourth-order valence-corrected chi connectivity index (χ4v) is 1.48. The molecule has 0 aliphatic heterocycles. The summed E-state index contributed by atoms with van der Waals surface area (Å²) in [6.45, 7) is 7.42. The maximum Gasteiger partial charge on any atom is 0.331 e. The van der Waals surface area contributed by atoms with E-state index >= 15 is 0 Å². The van der Waals surface area contributed by atoms with E-state index in [0.29, 0.717) is 5.02 Å². The zero-order valence-corrected chi connectivity index (χ0v) is 11.3. The molecule has 0 atom stereocenters. The molecule has 17 heavy (non-hydrogen) atoms. The molecule has 0 N–H and O–H groups in total. The minimum atomic E-state index is -0.467. The highest BCUT2D eigenvalue weighted by atomic mass is 35.5. The van der Waals surface area contributed by atoms with Gasteiger partial charge in [-0.3, -0.25) is 0 Å². The highest BCUT2D eigenvalue weighted by molar-refractivity contribution is 6.31. The second-order valence-electron chi connectivity index (χ2n) is 4.82. The molecule has 0 spiro atoms. The first kappa shape index (κ1) is 13.8. The number of hydrogen-bond donors (Lipinski definition) is 0. The fraction of sp³-hybridized carbons (Fsp3) is 0.357. The second kappa shape index (κ2) is 5.37. The van der Waals surface area contributed by atoms with E-state index in [1.807, 2.05) is 45.9 Å². The third-order valence-corrected chi connectivity index (χ3v) is 2.52. The first-order valence-electron chi connectivity index (χ1n) is 5.46. The Balaban J connectivity index is 2.78. The van der Waals surface area contributed by atoms with Gasteiger partial charge in [0.2, 0.25) is 0 Å². The van der Waals surface area contributed by atoms with E-state index in [-0.39, 0.29) is 5.97 Å². The van der Waals surface area contributed by atoms with Crippen LogP contribution >= 0.6 is 11.6 Å². The molecule has 1 aromatic carbocycles. The normalized spacial score (nSPS) is 11.8. The number of carbonyl (C=O) groups excluding carboxylic acids is 1. The monoisotopic (exact) mass is 252 g/mol. The summed E-state index contributed by atoms with van der Waals surface area (Å²) in [5.41, 5.74) is 1.41. The molecule has 3 heteroatoms. The summed E-state index contributed by atoms with van der Waals surface area (Å²) in [5, 5.41) is 0.691. The van der Waals surface area contributed by atoms with Gasteiger partial charge in [0.1, 0.15) is 5.60 Å². The molecule has 0 aliphatic rings. The van der Waals surface area contributed by atoms with Gasteiger partial charge in [0, 0.05) is 11.1 Å². The van der Waals surface area contributed by atoms with Crippen LogP contribution < -0.4 is 0 Å². The lowest BCUT2D eigenvalue weighted by Gasteiger charge is -2.17. The van der Waals surface area contributed by atoms with E-state index < -0.39 is 5.60 Å². The quantitative estimate of drug-likeness (QED) is 0.587. The van der Waals surface area contributed by atoms with Gasteiger partial charge in [-0.2, -0.15) is 0 Å². The van der Waals surface area contributed by atoms with Gasteiger partial charge in [-0.15, -0.1) is 0 Å². The van der Waals surface area contributed by atoms with Crippen LogP contribution in [0.3, 0.4) is 0 Å². The molecule has 0 fully saturated rings. The van der Waals surface area contributed by atoms with Crippen molar-refractivity contribution < 1.29 is 9.53 Å². The molecule has 0 amide bonds. The number of esters is 1. The third-order valence-electron chi connectivity index (χ3n) is 2.12. The Morgan fingerprint density at radius 2 is 2.00 bits per heavy atom. The van der Waals surface area contributed by atoms with Gasteiger partial charge >= 0.3 is 5.97 Å². The minimum absolute atomic E-state index is 0.350. The molecule has 1 aromatic rings. The van der Waals surface area contributed by atoms with Crippen LogP contribution in [0.2, 0.25) is 5.02 Å². The van der Waals surface area contributed by atoms with E-state index in [0.717, 1.165) is 11.1 Å². The lowest BCUT2D eigenvalue weighted by atomic mass is 10.1. The van der Waals surface area contributed by atoms with E-state index in [4.69, 9.17) is 16.3 Å². The van der Waals surface area contributed by atoms with Crippen LogP contribution in [-0.2, 0) is 9.53 Å². The zero-order valence-electron chi connectivity index (χ0n) is 10.6. The van der Waals surface area contributed by atoms with Crippen LogP contribution in [-0.4, -0.2) is 11.6 Å². The lowest BCUT2D eigenvalue weighted by Crippen LogP contribution is -2.22. The summed E-state index contributed by atoms with van der Waals surface area (Å²) in [7, 11) is 0. The van der Waals surface area contributed by atoms with Crippen LogP contribution in [0.5, 0.6) is 0 Å². The standard InChI is InChI=1S/C14H17ClO2/c1-10-11(6-5-7-12(10)15)8-9-13(16)17-14(2,3)4/h5-9H,1-4H3. The van der Waals surface area contributed by atoms with Crippen molar-refractivity contribution in [1.29, 1.82) is 0 Å². The molecule has 0 bridgehead atoms. The van der Waals surface area contributed by atoms with Gasteiger partial charge in [0.15, 0.2) is 0 Å². The summed E-state index contributed by atoms with van der Waals surface area (Å²) >= 11 is 5.99. The molecule has 92 valence electrons. The van der Waals surface area contributed by atoms with Crippen molar-refractivity contribution in [3.8, 4) is 0 Å². The molecule has 2 nitrogen and oxygen atoms in total. The van der Waals surface area contributed by atoms with Crippen LogP contribution in [0.4, 0.5) is 0 Å². The smallest absolute Gasteiger partial charge is 0.331 e. The Kier molecular flexibility index (Phi) is 4.35. The van der Waals surface area contributed by atoms with Crippen LogP contribution in [0.1, 0.15) is 31.9 Å². The highest BCUT2D eigenvalue weighted by Gasteiger charge is 2.13. The van der Waals surface area contributed by atoms with Gasteiger partial charge in [-0.05, 0) is 51.0 Å². The molecule has 0 aliphatic carbocycles. The van der Waals surface area contributed by atoms with Gasteiger partial charge in [-0.25, -0.2) is 4.79 Å². The van der Waals surface area contributed by atoms with Gasteiger partial charge in [0.05, 0.1) is 0 Å². The van der Waals surface area contributed by atoms with Crippen LogP contribution in [0.25, 0.3) is 6.08 Å². The summed E-state index contributed by atoms with van der Waals surface area (Å²) < 4.78 is 5.17. The summed E-state index contributed by atoms with van der Waals surface area (Å²) in [4.78, 5) is 11.5. The largest absolute Gasteiger partial charge is 0.457 e. The first-order chi connectivity index (χ1) is 7.79. The number of rotatable bonds is 2. The molecule has 0 unspecified atom stereocenters. The first-order valence-corrected chi connectivity index (χ1v) is 5.83. The lowest BCUT2D eigenvalue weighted by molar-refractivity contribution is -0.148. The minimum Gasteiger partial charge on any atom is -0.457 e. The SMILES string of the molecule is Cc1c(Cl)cccc1C=CC(=O)OC(C)(C)C. The van der Waals surface area contributed by atoms with Crippen molar-refractivity contribution in [2.75, 3.05) is 0 Å².